The van der Waals surface area contributed by atoms with Crippen molar-refractivity contribution in [3.8, 4) is 0 Å². The summed E-state index contributed by atoms with van der Waals surface area (Å²) < 4.78 is 11.3. The smallest absolute Gasteiger partial charge is 0.410 e. The Morgan fingerprint density at radius 2 is 2.09 bits per heavy atom. The third kappa shape index (κ3) is 3.81. The molecule has 6 nitrogen and oxygen atoms in total. The Morgan fingerprint density at radius 1 is 1.45 bits per heavy atom. The van der Waals surface area contributed by atoms with Crippen LogP contribution in [0, 0.1) is 0 Å². The topological polar surface area (TPSA) is 71.4 Å². The van der Waals surface area contributed by atoms with Gasteiger partial charge >= 0.3 is 6.09 Å². The van der Waals surface area contributed by atoms with E-state index in [-0.39, 0.29) is 11.7 Å². The Kier molecular flexibility index (Phi) is 4.49. The Hall–Kier alpha value is -1.98. The fourth-order valence-corrected chi connectivity index (χ4v) is 2.79. The van der Waals surface area contributed by atoms with Crippen molar-refractivity contribution in [3.63, 3.8) is 0 Å². The summed E-state index contributed by atoms with van der Waals surface area (Å²) >= 11 is 0. The molecule has 2 fully saturated rings. The molecule has 0 unspecified atom stereocenters. The van der Waals surface area contributed by atoms with Crippen LogP contribution in [0.1, 0.15) is 40.0 Å². The predicted molar refractivity (Wildman–Crippen MR) is 83.0 cm³/mol. The van der Waals surface area contributed by atoms with Crippen molar-refractivity contribution in [2.45, 2.75) is 51.2 Å². The maximum Gasteiger partial charge on any atom is 0.410 e. The van der Waals surface area contributed by atoms with Gasteiger partial charge in [-0.05, 0) is 32.4 Å². The fourth-order valence-electron chi connectivity index (χ4n) is 2.79. The normalized spacial score (nSPS) is 23.3. The number of carbonyl (C=O) groups is 1. The van der Waals surface area contributed by atoms with Gasteiger partial charge < -0.3 is 19.6 Å². The number of likely N-dealkylation sites (tertiary alicyclic amines) is 1. The van der Waals surface area contributed by atoms with Crippen LogP contribution in [0.3, 0.4) is 0 Å². The van der Waals surface area contributed by atoms with Crippen LogP contribution in [-0.4, -0.2) is 46.7 Å². The van der Waals surface area contributed by atoms with Gasteiger partial charge in [0.05, 0.1) is 6.21 Å². The monoisotopic (exact) mass is 308 g/mol. The molecule has 1 N–H and O–H groups in total. The van der Waals surface area contributed by atoms with E-state index in [1.165, 1.54) is 6.21 Å². The number of hydrogen-bond donors (Lipinski definition) is 1. The van der Waals surface area contributed by atoms with E-state index in [1.54, 1.807) is 11.0 Å². The first-order valence-corrected chi connectivity index (χ1v) is 7.47. The molecule has 1 spiro atoms. The predicted octanol–water partition coefficient (Wildman–Crippen LogP) is 3.08. The first-order chi connectivity index (χ1) is 10.2. The molecule has 2 saturated heterocycles. The van der Waals surface area contributed by atoms with Gasteiger partial charge in [0, 0.05) is 32.4 Å². The van der Waals surface area contributed by atoms with E-state index >= 15 is 0 Å². The molecular formula is C16H24N2O4. The molecule has 2 aliphatic rings. The average molecular weight is 308 g/mol. The molecule has 0 aromatic heterocycles. The first-order valence-electron chi connectivity index (χ1n) is 7.47. The molecule has 22 heavy (non-hydrogen) atoms. The van der Waals surface area contributed by atoms with Crippen molar-refractivity contribution in [2.24, 2.45) is 5.16 Å². The lowest BCUT2D eigenvalue weighted by Gasteiger charge is -2.38. The Labute approximate surface area is 131 Å². The van der Waals surface area contributed by atoms with Crippen molar-refractivity contribution in [1.29, 1.82) is 0 Å². The number of carbonyl (C=O) groups excluding carboxylic acids is 1. The number of allylic oxidation sites excluding steroid dienone is 2. The van der Waals surface area contributed by atoms with Crippen LogP contribution in [0.2, 0.25) is 0 Å². The average Bonchev–Trinajstić information content (AvgIpc) is 2.71. The zero-order valence-corrected chi connectivity index (χ0v) is 13.5. The van der Waals surface area contributed by atoms with Gasteiger partial charge in [-0.15, -0.1) is 0 Å². The molecule has 0 aromatic rings. The van der Waals surface area contributed by atoms with E-state index in [4.69, 9.17) is 14.7 Å². The van der Waals surface area contributed by atoms with Crippen LogP contribution in [0.25, 0.3) is 0 Å². The van der Waals surface area contributed by atoms with Crippen LogP contribution in [-0.2, 0) is 9.47 Å². The first kappa shape index (κ1) is 16.4. The van der Waals surface area contributed by atoms with E-state index < -0.39 is 5.60 Å². The van der Waals surface area contributed by atoms with Crippen LogP contribution >= 0.6 is 0 Å². The van der Waals surface area contributed by atoms with Crippen LogP contribution in [0.5, 0.6) is 0 Å². The summed E-state index contributed by atoms with van der Waals surface area (Å²) in [5, 5.41) is 11.5. The third-order valence-corrected chi connectivity index (χ3v) is 3.88. The zero-order valence-electron chi connectivity index (χ0n) is 13.5. The Bertz CT molecular complexity index is 509. The molecule has 6 heteroatoms. The summed E-state index contributed by atoms with van der Waals surface area (Å²) in [6.07, 6.45) is 4.94. The highest BCUT2D eigenvalue weighted by molar-refractivity contribution is 5.73. The molecule has 122 valence electrons. The number of hydrogen-bond acceptors (Lipinski definition) is 5. The van der Waals surface area contributed by atoms with E-state index in [9.17, 15) is 4.79 Å². The van der Waals surface area contributed by atoms with Gasteiger partial charge in [-0.3, -0.25) is 0 Å². The van der Waals surface area contributed by atoms with E-state index in [0.29, 0.717) is 18.8 Å². The van der Waals surface area contributed by atoms with Gasteiger partial charge in [0.2, 0.25) is 0 Å². The fraction of sp³-hybridized carbons (Fsp3) is 0.625. The quantitative estimate of drug-likeness (QED) is 0.459. The maximum atomic E-state index is 12.1. The van der Waals surface area contributed by atoms with Gasteiger partial charge in [0.1, 0.15) is 17.0 Å². The van der Waals surface area contributed by atoms with Gasteiger partial charge in [-0.25, -0.2) is 4.79 Å². The summed E-state index contributed by atoms with van der Waals surface area (Å²) in [5.41, 5.74) is 0.151. The Morgan fingerprint density at radius 3 is 2.64 bits per heavy atom. The van der Waals surface area contributed by atoms with Crippen molar-refractivity contribution in [1.82, 2.24) is 4.90 Å². The molecule has 2 aliphatic heterocycles. The minimum Gasteiger partial charge on any atom is -0.487 e. The van der Waals surface area contributed by atoms with E-state index in [2.05, 4.69) is 11.7 Å². The van der Waals surface area contributed by atoms with E-state index in [0.717, 1.165) is 24.8 Å². The van der Waals surface area contributed by atoms with Crippen molar-refractivity contribution in [2.75, 3.05) is 13.1 Å². The van der Waals surface area contributed by atoms with E-state index in [1.807, 2.05) is 20.8 Å². The molecule has 0 bridgehead atoms. The number of oxime groups is 1. The molecule has 0 atom stereocenters. The number of amides is 1. The lowest BCUT2D eigenvalue weighted by atomic mass is 9.87. The molecule has 2 heterocycles. The zero-order chi connectivity index (χ0) is 16.4. The number of rotatable bonds is 1. The lowest BCUT2D eigenvalue weighted by Crippen LogP contribution is -2.47. The van der Waals surface area contributed by atoms with Crippen molar-refractivity contribution in [3.05, 3.63) is 24.0 Å². The van der Waals surface area contributed by atoms with Crippen molar-refractivity contribution < 1.29 is 19.5 Å². The standard InChI is InChI=1S/C16H24N2O4/c1-12-13(5-8-17-20)11-16(21-12)6-9-18(10-7-16)14(19)22-15(2,3)4/h5,8,20H,1,6-7,9-11H2,2-4H3/b13-5-,17-8+. The molecule has 0 aromatic carbocycles. The summed E-state index contributed by atoms with van der Waals surface area (Å²) in [4.78, 5) is 13.8. The maximum absolute atomic E-state index is 12.1. The second kappa shape index (κ2) is 6.02. The molecule has 2 rings (SSSR count). The van der Waals surface area contributed by atoms with Crippen LogP contribution in [0.15, 0.2) is 29.1 Å². The second-order valence-corrected chi connectivity index (χ2v) is 6.81. The Balaban J connectivity index is 1.95. The number of piperidine rings is 1. The highest BCUT2D eigenvalue weighted by Crippen LogP contribution is 2.43. The van der Waals surface area contributed by atoms with Crippen molar-refractivity contribution >= 4 is 12.3 Å². The third-order valence-electron chi connectivity index (χ3n) is 3.88. The van der Waals surface area contributed by atoms with Gasteiger partial charge in [-0.1, -0.05) is 11.7 Å². The summed E-state index contributed by atoms with van der Waals surface area (Å²) in [6, 6.07) is 0. The van der Waals surface area contributed by atoms with Crippen LogP contribution in [0.4, 0.5) is 4.79 Å². The molecule has 1 amide bonds. The number of nitrogens with zero attached hydrogens (tertiary/aromatic N) is 2. The SMILES string of the molecule is C=C1OC2(CCN(C(=O)OC(C)(C)C)CC2)C/C1=C/C=N/O. The summed E-state index contributed by atoms with van der Waals surface area (Å²) in [7, 11) is 0. The van der Waals surface area contributed by atoms with Crippen LogP contribution < -0.4 is 0 Å². The van der Waals surface area contributed by atoms with Gasteiger partial charge in [0.25, 0.3) is 0 Å². The highest BCUT2D eigenvalue weighted by atomic mass is 16.6. The lowest BCUT2D eigenvalue weighted by molar-refractivity contribution is -0.0293. The summed E-state index contributed by atoms with van der Waals surface area (Å²) in [6.45, 7) is 10.7. The molecule has 0 saturated carbocycles. The highest BCUT2D eigenvalue weighted by Gasteiger charge is 2.44. The van der Waals surface area contributed by atoms with Gasteiger partial charge in [0.15, 0.2) is 0 Å². The molecule has 0 aliphatic carbocycles. The minimum absolute atomic E-state index is 0.276. The molecular weight excluding hydrogens is 284 g/mol. The summed E-state index contributed by atoms with van der Waals surface area (Å²) in [5.74, 6) is 0.616. The largest absolute Gasteiger partial charge is 0.487 e. The van der Waals surface area contributed by atoms with Gasteiger partial charge in [-0.2, -0.15) is 0 Å². The number of ether oxygens (including phenoxy) is 2. The minimum atomic E-state index is -0.482. The second-order valence-electron chi connectivity index (χ2n) is 6.81. The molecule has 0 radical (unpaired) electrons.